The van der Waals surface area contributed by atoms with Gasteiger partial charge in [0.2, 0.25) is 0 Å². The number of furan rings is 1. The average molecular weight is 369 g/mol. The molecule has 0 unspecified atom stereocenters. The highest BCUT2D eigenvalue weighted by Crippen LogP contribution is 2.36. The summed E-state index contributed by atoms with van der Waals surface area (Å²) < 4.78 is 14.0. The molecule has 0 spiro atoms. The Morgan fingerprint density at radius 3 is 2.79 bits per heavy atom. The monoisotopic (exact) mass is 369 g/mol. The summed E-state index contributed by atoms with van der Waals surface area (Å²) in [6.07, 6.45) is 5.43. The zero-order valence-electron chi connectivity index (χ0n) is 10.8. The maximum Gasteiger partial charge on any atom is 0.161 e. The maximum absolute atomic E-state index is 5.97. The van der Waals surface area contributed by atoms with Crippen LogP contribution >= 0.6 is 22.6 Å². The highest BCUT2D eigenvalue weighted by molar-refractivity contribution is 14.1. The van der Waals surface area contributed by atoms with Crippen molar-refractivity contribution in [3.05, 3.63) is 27.7 Å². The van der Waals surface area contributed by atoms with Gasteiger partial charge in [0.15, 0.2) is 11.3 Å². The molecule has 98 valence electrons. The van der Waals surface area contributed by atoms with Crippen LogP contribution in [0, 0.1) is 10.5 Å². The lowest BCUT2D eigenvalue weighted by atomic mass is 10.2. The van der Waals surface area contributed by atoms with Crippen molar-refractivity contribution in [2.24, 2.45) is 7.05 Å². The van der Waals surface area contributed by atoms with Gasteiger partial charge in [0.1, 0.15) is 11.3 Å². The number of aryl methyl sites for hydroxylation is 2. The van der Waals surface area contributed by atoms with Crippen LogP contribution < -0.4 is 4.74 Å². The molecule has 0 aromatic carbocycles. The number of rotatable bonds is 2. The van der Waals surface area contributed by atoms with E-state index in [0.29, 0.717) is 0 Å². The van der Waals surface area contributed by atoms with Gasteiger partial charge in [-0.05, 0) is 29.5 Å². The van der Waals surface area contributed by atoms with Gasteiger partial charge in [-0.15, -0.1) is 0 Å². The number of fused-ring (bicyclic) bond motifs is 1. The lowest BCUT2D eigenvalue weighted by molar-refractivity contribution is 0.409. The molecule has 0 saturated heterocycles. The molecule has 5 nitrogen and oxygen atoms in total. The quantitative estimate of drug-likeness (QED) is 0.652. The Kier molecular flexibility index (Phi) is 2.96. The Morgan fingerprint density at radius 1 is 1.37 bits per heavy atom. The van der Waals surface area contributed by atoms with E-state index >= 15 is 0 Å². The lowest BCUT2D eigenvalue weighted by Crippen LogP contribution is -1.89. The summed E-state index contributed by atoms with van der Waals surface area (Å²) in [4.78, 5) is 4.41. The van der Waals surface area contributed by atoms with Crippen LogP contribution in [0.1, 0.15) is 5.56 Å². The van der Waals surface area contributed by atoms with Crippen LogP contribution in [-0.2, 0) is 7.05 Å². The van der Waals surface area contributed by atoms with Crippen LogP contribution in [0.25, 0.3) is 22.4 Å². The van der Waals surface area contributed by atoms with Gasteiger partial charge in [0.05, 0.1) is 28.6 Å². The number of halogens is 1. The first-order chi connectivity index (χ1) is 9.11. The molecular formula is C13H12IN3O2. The number of methoxy groups -OCH3 is 1. The van der Waals surface area contributed by atoms with Crippen molar-refractivity contribution >= 4 is 33.7 Å². The molecule has 3 heterocycles. The molecule has 19 heavy (non-hydrogen) atoms. The molecular weight excluding hydrogens is 357 g/mol. The second kappa shape index (κ2) is 4.52. The summed E-state index contributed by atoms with van der Waals surface area (Å²) in [5, 5.41) is 4.17. The number of aromatic nitrogens is 3. The van der Waals surface area contributed by atoms with Crippen LogP contribution in [0.4, 0.5) is 0 Å². The topological polar surface area (TPSA) is 53.1 Å². The van der Waals surface area contributed by atoms with Crippen molar-refractivity contribution in [1.82, 2.24) is 14.8 Å². The molecule has 0 N–H and O–H groups in total. The first-order valence-electron chi connectivity index (χ1n) is 5.72. The Labute approximate surface area is 123 Å². The Bertz CT molecular complexity index is 761. The first kappa shape index (κ1) is 12.5. The lowest BCUT2D eigenvalue weighted by Gasteiger charge is -2.02. The van der Waals surface area contributed by atoms with Crippen LogP contribution in [0.3, 0.4) is 0 Å². The summed E-state index contributed by atoms with van der Waals surface area (Å²) in [6.45, 7) is 1.97. The van der Waals surface area contributed by atoms with Crippen molar-refractivity contribution in [1.29, 1.82) is 0 Å². The maximum atomic E-state index is 5.97. The van der Waals surface area contributed by atoms with Crippen molar-refractivity contribution in [2.75, 3.05) is 7.11 Å². The predicted molar refractivity (Wildman–Crippen MR) is 80.2 cm³/mol. The molecule has 0 radical (unpaired) electrons. The zero-order chi connectivity index (χ0) is 13.6. The smallest absolute Gasteiger partial charge is 0.161 e. The number of pyridine rings is 1. The van der Waals surface area contributed by atoms with E-state index in [2.05, 4.69) is 32.7 Å². The number of nitrogens with zero attached hydrogens (tertiary/aromatic N) is 3. The molecule has 0 aliphatic carbocycles. The number of ether oxygens (including phenoxy) is 1. The molecule has 3 aromatic heterocycles. The van der Waals surface area contributed by atoms with Gasteiger partial charge in [0.25, 0.3) is 0 Å². The fraction of sp³-hybridized carbons (Fsp3) is 0.231. The third kappa shape index (κ3) is 1.90. The van der Waals surface area contributed by atoms with Gasteiger partial charge in [-0.1, -0.05) is 0 Å². The van der Waals surface area contributed by atoms with Crippen LogP contribution in [-0.4, -0.2) is 21.9 Å². The molecule has 3 aromatic rings. The number of hydrogen-bond donors (Lipinski definition) is 0. The second-order valence-electron chi connectivity index (χ2n) is 4.28. The zero-order valence-corrected chi connectivity index (χ0v) is 12.9. The minimum absolute atomic E-state index is 0.732. The molecule has 0 bridgehead atoms. The van der Waals surface area contributed by atoms with Crippen LogP contribution in [0.5, 0.6) is 5.75 Å². The molecule has 6 heteroatoms. The van der Waals surface area contributed by atoms with E-state index in [-0.39, 0.29) is 0 Å². The van der Waals surface area contributed by atoms with Crippen LogP contribution in [0.15, 0.2) is 23.0 Å². The van der Waals surface area contributed by atoms with E-state index in [4.69, 9.17) is 9.15 Å². The molecule has 0 aliphatic heterocycles. The fourth-order valence-electron chi connectivity index (χ4n) is 2.03. The van der Waals surface area contributed by atoms with E-state index < -0.39 is 0 Å². The molecule has 0 amide bonds. The largest absolute Gasteiger partial charge is 0.495 e. The van der Waals surface area contributed by atoms with Gasteiger partial charge in [-0.2, -0.15) is 5.10 Å². The van der Waals surface area contributed by atoms with E-state index in [9.17, 15) is 0 Å². The first-order valence-corrected chi connectivity index (χ1v) is 6.80. The van der Waals surface area contributed by atoms with Crippen molar-refractivity contribution < 1.29 is 9.15 Å². The Balaban J connectivity index is 2.28. The summed E-state index contributed by atoms with van der Waals surface area (Å²) in [5.74, 6) is 1.53. The van der Waals surface area contributed by atoms with E-state index in [1.165, 1.54) is 0 Å². The van der Waals surface area contributed by atoms with E-state index in [0.717, 1.165) is 37.3 Å². The highest BCUT2D eigenvalue weighted by Gasteiger charge is 2.19. The number of hydrogen-bond acceptors (Lipinski definition) is 4. The standard InChI is InChI=1S/C13H12IN3O2/c1-7-9(18-3)5-15-11-10(14)13(19-12(7)11)8-4-16-17(2)6-8/h4-6H,1-3H3. The van der Waals surface area contributed by atoms with E-state index in [1.54, 1.807) is 24.2 Å². The summed E-state index contributed by atoms with van der Waals surface area (Å²) in [5.41, 5.74) is 3.53. The van der Waals surface area contributed by atoms with Crippen LogP contribution in [0.2, 0.25) is 0 Å². The second-order valence-corrected chi connectivity index (χ2v) is 5.36. The minimum Gasteiger partial charge on any atom is -0.495 e. The van der Waals surface area contributed by atoms with Gasteiger partial charge in [0, 0.05) is 18.8 Å². The summed E-state index contributed by atoms with van der Waals surface area (Å²) in [6, 6.07) is 0. The van der Waals surface area contributed by atoms with Gasteiger partial charge in [-0.3, -0.25) is 4.68 Å². The summed E-state index contributed by atoms with van der Waals surface area (Å²) >= 11 is 2.25. The van der Waals surface area contributed by atoms with Gasteiger partial charge < -0.3 is 9.15 Å². The molecule has 3 rings (SSSR count). The average Bonchev–Trinajstić information content (AvgIpc) is 2.95. The summed E-state index contributed by atoms with van der Waals surface area (Å²) in [7, 11) is 3.51. The van der Waals surface area contributed by atoms with Gasteiger partial charge >= 0.3 is 0 Å². The normalized spacial score (nSPS) is 11.2. The van der Waals surface area contributed by atoms with Crippen molar-refractivity contribution in [2.45, 2.75) is 6.92 Å². The van der Waals surface area contributed by atoms with Crippen molar-refractivity contribution in [3.8, 4) is 17.1 Å². The minimum atomic E-state index is 0.732. The van der Waals surface area contributed by atoms with E-state index in [1.807, 2.05) is 20.2 Å². The molecule has 0 aliphatic rings. The Hall–Kier alpha value is -1.57. The molecule has 0 atom stereocenters. The Morgan fingerprint density at radius 2 is 2.16 bits per heavy atom. The molecule has 0 fully saturated rings. The SMILES string of the molecule is COc1cnc2c(I)c(-c3cnn(C)c3)oc2c1C. The predicted octanol–water partition coefficient (Wildman–Crippen LogP) is 3.15. The third-order valence-corrected chi connectivity index (χ3v) is 4.04. The van der Waals surface area contributed by atoms with Crippen molar-refractivity contribution in [3.63, 3.8) is 0 Å². The third-order valence-electron chi connectivity index (χ3n) is 3.03. The molecule has 0 saturated carbocycles. The van der Waals surface area contributed by atoms with Gasteiger partial charge in [-0.25, -0.2) is 4.98 Å². The highest BCUT2D eigenvalue weighted by atomic mass is 127. The fourth-order valence-corrected chi connectivity index (χ4v) is 2.84.